The smallest absolute Gasteiger partial charge is 0.264 e. The minimum absolute atomic E-state index is 0.0532. The molecule has 1 aliphatic rings. The predicted octanol–water partition coefficient (Wildman–Crippen LogP) is 5.46. The number of aryl methyl sites for hydroxylation is 1. The Morgan fingerprint density at radius 2 is 1.64 bits per heavy atom. The molecule has 2 amide bonds. The third-order valence-corrected chi connectivity index (χ3v) is 9.37. The first-order chi connectivity index (χ1) is 20.2. The van der Waals surface area contributed by atoms with E-state index < -0.39 is 28.5 Å². The summed E-state index contributed by atoms with van der Waals surface area (Å²) in [5.41, 5.74) is 2.14. The van der Waals surface area contributed by atoms with Crippen LogP contribution < -0.4 is 14.4 Å². The highest BCUT2D eigenvalue weighted by atomic mass is 32.2. The molecule has 224 valence electrons. The second kappa shape index (κ2) is 14.4. The molecule has 1 N–H and O–H groups in total. The maximum absolute atomic E-state index is 14.2. The molecule has 0 saturated heterocycles. The van der Waals surface area contributed by atoms with Crippen LogP contribution >= 0.6 is 0 Å². The molecule has 0 unspecified atom stereocenters. The van der Waals surface area contributed by atoms with Gasteiger partial charge in [-0.15, -0.1) is 0 Å². The monoisotopic (exact) mass is 591 g/mol. The van der Waals surface area contributed by atoms with Crippen molar-refractivity contribution in [1.29, 1.82) is 0 Å². The van der Waals surface area contributed by atoms with Gasteiger partial charge in [-0.05, 0) is 63.4 Å². The van der Waals surface area contributed by atoms with E-state index >= 15 is 0 Å². The largest absolute Gasteiger partial charge is 0.492 e. The zero-order valence-corrected chi connectivity index (χ0v) is 25.5. The quantitative estimate of drug-likeness (QED) is 0.302. The van der Waals surface area contributed by atoms with Gasteiger partial charge in [-0.3, -0.25) is 13.9 Å². The van der Waals surface area contributed by atoms with E-state index in [9.17, 15) is 18.0 Å². The number of carbonyl (C=O) groups is 2. The third kappa shape index (κ3) is 7.70. The summed E-state index contributed by atoms with van der Waals surface area (Å²) in [5.74, 6) is -0.385. The van der Waals surface area contributed by atoms with E-state index in [1.165, 1.54) is 17.0 Å². The number of sulfonamides is 1. The Hall–Kier alpha value is -3.85. The number of anilines is 1. The molecule has 42 heavy (non-hydrogen) atoms. The number of carbonyl (C=O) groups excluding carboxylic acids is 2. The molecule has 0 heterocycles. The van der Waals surface area contributed by atoms with Crippen LogP contribution in [0.4, 0.5) is 5.69 Å². The molecule has 1 atom stereocenters. The van der Waals surface area contributed by atoms with Crippen molar-refractivity contribution in [3.63, 3.8) is 0 Å². The summed E-state index contributed by atoms with van der Waals surface area (Å²) in [6.45, 7) is 5.46. The molecule has 8 nitrogen and oxygen atoms in total. The lowest BCUT2D eigenvalue weighted by molar-refractivity contribution is -0.139. The number of hydrogen-bond acceptors (Lipinski definition) is 5. The van der Waals surface area contributed by atoms with Gasteiger partial charge in [-0.1, -0.05) is 79.4 Å². The van der Waals surface area contributed by atoms with E-state index in [1.54, 1.807) is 49.4 Å². The molecule has 1 saturated carbocycles. The highest BCUT2D eigenvalue weighted by Crippen LogP contribution is 2.33. The number of para-hydroxylation sites is 2. The lowest BCUT2D eigenvalue weighted by atomic mass is 9.95. The van der Waals surface area contributed by atoms with Crippen LogP contribution in [0.25, 0.3) is 0 Å². The molecular weight excluding hydrogens is 550 g/mol. The second-order valence-electron chi connectivity index (χ2n) is 10.8. The SMILES string of the molecule is CCOc1ccccc1N(CC(=O)N(Cc1cccc(C)c1)[C@H](C)C(=O)NC1CCCCC1)S(=O)(=O)c1ccccc1. The Balaban J connectivity index is 1.70. The average molecular weight is 592 g/mol. The van der Waals surface area contributed by atoms with E-state index in [2.05, 4.69) is 5.32 Å². The van der Waals surface area contributed by atoms with Crippen LogP contribution in [0.3, 0.4) is 0 Å². The molecule has 0 radical (unpaired) electrons. The average Bonchev–Trinajstić information content (AvgIpc) is 2.99. The minimum Gasteiger partial charge on any atom is -0.492 e. The van der Waals surface area contributed by atoms with Gasteiger partial charge in [-0.2, -0.15) is 0 Å². The number of benzene rings is 3. The molecule has 9 heteroatoms. The summed E-state index contributed by atoms with van der Waals surface area (Å²) < 4.78 is 34.9. The van der Waals surface area contributed by atoms with Gasteiger partial charge in [0.1, 0.15) is 18.3 Å². The van der Waals surface area contributed by atoms with Crippen LogP contribution in [0.5, 0.6) is 5.75 Å². The number of nitrogens with one attached hydrogen (secondary N) is 1. The fraction of sp³-hybridized carbons (Fsp3) is 0.394. The van der Waals surface area contributed by atoms with Crippen LogP contribution in [0, 0.1) is 6.92 Å². The molecular formula is C33H41N3O5S. The van der Waals surface area contributed by atoms with Gasteiger partial charge in [0, 0.05) is 12.6 Å². The van der Waals surface area contributed by atoms with Gasteiger partial charge < -0.3 is 15.0 Å². The number of hydrogen-bond donors (Lipinski definition) is 1. The Kier molecular flexibility index (Phi) is 10.6. The summed E-state index contributed by atoms with van der Waals surface area (Å²) in [6.07, 6.45) is 5.13. The molecule has 4 rings (SSSR count). The molecule has 3 aromatic carbocycles. The second-order valence-corrected chi connectivity index (χ2v) is 12.6. The van der Waals surface area contributed by atoms with Gasteiger partial charge in [0.05, 0.1) is 17.2 Å². The van der Waals surface area contributed by atoms with Crippen LogP contribution in [0.15, 0.2) is 83.8 Å². The van der Waals surface area contributed by atoms with Crippen molar-refractivity contribution in [2.24, 2.45) is 0 Å². The number of ether oxygens (including phenoxy) is 1. The maximum Gasteiger partial charge on any atom is 0.264 e. The summed E-state index contributed by atoms with van der Waals surface area (Å²) >= 11 is 0. The van der Waals surface area contributed by atoms with Crippen molar-refractivity contribution in [2.45, 2.75) is 76.4 Å². The van der Waals surface area contributed by atoms with E-state index in [0.29, 0.717) is 12.4 Å². The standard InChI is InChI=1S/C33H41N3O5S/c1-4-41-31-21-12-11-20-30(31)36(42(39,40)29-18-9-6-10-19-29)24-32(37)35(23-27-15-13-14-25(2)22-27)26(3)33(38)34-28-16-7-5-8-17-28/h6,9-15,18-22,26,28H,4-5,7-8,16-17,23-24H2,1-3H3,(H,34,38)/t26-/m1/s1. The van der Waals surface area contributed by atoms with Gasteiger partial charge in [0.25, 0.3) is 10.0 Å². The van der Waals surface area contributed by atoms with Gasteiger partial charge in [-0.25, -0.2) is 8.42 Å². The lowest BCUT2D eigenvalue weighted by Crippen LogP contribution is -2.53. The lowest BCUT2D eigenvalue weighted by Gasteiger charge is -2.33. The fourth-order valence-corrected chi connectivity index (χ4v) is 6.78. The Morgan fingerprint density at radius 1 is 0.952 bits per heavy atom. The first kappa shape index (κ1) is 31.1. The molecule has 1 aliphatic carbocycles. The molecule has 3 aromatic rings. The Labute approximate surface area is 249 Å². The molecule has 0 aliphatic heterocycles. The topological polar surface area (TPSA) is 96.0 Å². The number of rotatable bonds is 12. The van der Waals surface area contributed by atoms with Crippen LogP contribution in [0.1, 0.15) is 57.1 Å². The van der Waals surface area contributed by atoms with Crippen LogP contribution in [0.2, 0.25) is 0 Å². The summed E-state index contributed by atoms with van der Waals surface area (Å²) in [4.78, 5) is 29.2. The first-order valence-electron chi connectivity index (χ1n) is 14.7. The predicted molar refractivity (Wildman–Crippen MR) is 165 cm³/mol. The highest BCUT2D eigenvalue weighted by molar-refractivity contribution is 7.92. The molecule has 1 fully saturated rings. The van der Waals surface area contributed by atoms with Gasteiger partial charge >= 0.3 is 0 Å². The third-order valence-electron chi connectivity index (χ3n) is 7.60. The maximum atomic E-state index is 14.2. The number of nitrogens with zero attached hydrogens (tertiary/aromatic N) is 2. The summed E-state index contributed by atoms with van der Waals surface area (Å²) in [6, 6.07) is 21.8. The van der Waals surface area contributed by atoms with Crippen molar-refractivity contribution in [3.8, 4) is 5.75 Å². The van der Waals surface area contributed by atoms with Gasteiger partial charge in [0.2, 0.25) is 11.8 Å². The van der Waals surface area contributed by atoms with Crippen molar-refractivity contribution in [2.75, 3.05) is 17.5 Å². The Bertz CT molecular complexity index is 1460. The van der Waals surface area contributed by atoms with Crippen molar-refractivity contribution in [3.05, 3.63) is 90.0 Å². The summed E-state index contributed by atoms with van der Waals surface area (Å²) in [5, 5.41) is 3.13. The van der Waals surface area contributed by atoms with Crippen molar-refractivity contribution in [1.82, 2.24) is 10.2 Å². The number of amides is 2. The van der Waals surface area contributed by atoms with Crippen LogP contribution in [-0.4, -0.2) is 50.4 Å². The fourth-order valence-electron chi connectivity index (χ4n) is 5.33. The zero-order chi connectivity index (χ0) is 30.1. The van der Waals surface area contributed by atoms with E-state index in [-0.39, 0.29) is 29.1 Å². The normalized spacial score (nSPS) is 14.5. The minimum atomic E-state index is -4.17. The molecule has 0 spiro atoms. The van der Waals surface area contributed by atoms with E-state index in [0.717, 1.165) is 47.5 Å². The Morgan fingerprint density at radius 3 is 2.33 bits per heavy atom. The summed E-state index contributed by atoms with van der Waals surface area (Å²) in [7, 11) is -4.17. The molecule has 0 bridgehead atoms. The first-order valence-corrected chi connectivity index (χ1v) is 16.1. The zero-order valence-electron chi connectivity index (χ0n) is 24.7. The molecule has 0 aromatic heterocycles. The van der Waals surface area contributed by atoms with Gasteiger partial charge in [0.15, 0.2) is 0 Å². The van der Waals surface area contributed by atoms with Crippen LogP contribution in [-0.2, 0) is 26.2 Å². The van der Waals surface area contributed by atoms with E-state index in [4.69, 9.17) is 4.74 Å². The van der Waals surface area contributed by atoms with Crippen molar-refractivity contribution >= 4 is 27.5 Å². The van der Waals surface area contributed by atoms with Crippen molar-refractivity contribution < 1.29 is 22.7 Å². The van der Waals surface area contributed by atoms with E-state index in [1.807, 2.05) is 38.1 Å². The highest BCUT2D eigenvalue weighted by Gasteiger charge is 2.34.